The summed E-state index contributed by atoms with van der Waals surface area (Å²) in [4.78, 5) is 63.4. The zero-order valence-corrected chi connectivity index (χ0v) is 25.9. The minimum Gasteiger partial charge on any atom is -0.462 e. The largest absolute Gasteiger partial charge is 0.462 e. The van der Waals surface area contributed by atoms with Gasteiger partial charge in [-0.3, -0.25) is 19.2 Å². The molecule has 1 saturated carbocycles. The third kappa shape index (κ3) is 6.16. The van der Waals surface area contributed by atoms with Crippen molar-refractivity contribution in [3.8, 4) is 0 Å². The van der Waals surface area contributed by atoms with Gasteiger partial charge in [0.25, 0.3) is 0 Å². The van der Waals surface area contributed by atoms with E-state index in [2.05, 4.69) is 0 Å². The van der Waals surface area contributed by atoms with Gasteiger partial charge < -0.3 is 39.0 Å². The molecule has 2 aliphatic carbocycles. The quantitative estimate of drug-likeness (QED) is 0.221. The first-order valence-electron chi connectivity index (χ1n) is 14.6. The Morgan fingerprint density at radius 1 is 0.953 bits per heavy atom. The lowest BCUT2D eigenvalue weighted by Crippen LogP contribution is -2.72. The van der Waals surface area contributed by atoms with Crippen molar-refractivity contribution in [3.05, 3.63) is 11.6 Å². The van der Waals surface area contributed by atoms with Gasteiger partial charge in [-0.2, -0.15) is 0 Å². The smallest absolute Gasteiger partial charge is 0.341 e. The van der Waals surface area contributed by atoms with Gasteiger partial charge in [0, 0.05) is 51.4 Å². The van der Waals surface area contributed by atoms with Crippen molar-refractivity contribution in [1.82, 2.24) is 0 Å². The van der Waals surface area contributed by atoms with Gasteiger partial charge in [-0.1, -0.05) is 20.8 Å². The highest BCUT2D eigenvalue weighted by Gasteiger charge is 2.74. The van der Waals surface area contributed by atoms with Crippen molar-refractivity contribution in [2.75, 3.05) is 0 Å². The van der Waals surface area contributed by atoms with Crippen molar-refractivity contribution >= 4 is 29.8 Å². The molecule has 2 fully saturated rings. The monoisotopic (exact) mass is 612 g/mol. The summed E-state index contributed by atoms with van der Waals surface area (Å²) in [7, 11) is 0. The molecule has 11 atom stereocenters. The van der Waals surface area contributed by atoms with E-state index in [4.69, 9.17) is 23.7 Å². The zero-order chi connectivity index (χ0) is 32.7. The number of ether oxygens (including phenoxy) is 5. The van der Waals surface area contributed by atoms with Crippen LogP contribution in [0, 0.1) is 17.3 Å². The van der Waals surface area contributed by atoms with Crippen molar-refractivity contribution in [2.45, 2.75) is 129 Å². The number of rotatable bonds is 6. The summed E-state index contributed by atoms with van der Waals surface area (Å²) in [6, 6.07) is 0. The van der Waals surface area contributed by atoms with E-state index >= 15 is 0 Å². The predicted molar refractivity (Wildman–Crippen MR) is 147 cm³/mol. The molecule has 1 aliphatic heterocycles. The van der Waals surface area contributed by atoms with Gasteiger partial charge in [0.15, 0.2) is 17.3 Å². The van der Waals surface area contributed by atoms with Crippen molar-refractivity contribution in [1.29, 1.82) is 0 Å². The molecule has 0 spiro atoms. The highest BCUT2D eigenvalue weighted by molar-refractivity contribution is 5.84. The first-order valence-corrected chi connectivity index (χ1v) is 14.6. The average molecular weight is 613 g/mol. The Morgan fingerprint density at radius 3 is 2.00 bits per heavy atom. The van der Waals surface area contributed by atoms with E-state index in [-0.39, 0.29) is 24.8 Å². The molecule has 0 aromatic carbocycles. The number of aliphatic hydroxyl groups is 3. The highest BCUT2D eigenvalue weighted by atomic mass is 16.6. The molecule has 13 nitrogen and oxygen atoms in total. The van der Waals surface area contributed by atoms with Crippen LogP contribution < -0.4 is 0 Å². The average Bonchev–Trinajstić information content (AvgIpc) is 3.04. The summed E-state index contributed by atoms with van der Waals surface area (Å²) in [6.45, 7) is 11.0. The van der Waals surface area contributed by atoms with Crippen molar-refractivity contribution < 1.29 is 63.0 Å². The van der Waals surface area contributed by atoms with Crippen LogP contribution in [0.25, 0.3) is 0 Å². The molecule has 0 radical (unpaired) electrons. The van der Waals surface area contributed by atoms with E-state index in [1.807, 2.05) is 0 Å². The van der Waals surface area contributed by atoms with Gasteiger partial charge in [-0.15, -0.1) is 0 Å². The summed E-state index contributed by atoms with van der Waals surface area (Å²) < 4.78 is 28.6. The molecule has 43 heavy (non-hydrogen) atoms. The Labute approximate surface area is 250 Å². The fraction of sp³-hybridized carbons (Fsp3) is 0.767. The van der Waals surface area contributed by atoms with Gasteiger partial charge in [0.2, 0.25) is 0 Å². The molecule has 242 valence electrons. The maximum Gasteiger partial charge on any atom is 0.341 e. The minimum atomic E-state index is -2.68. The van der Waals surface area contributed by atoms with Crippen LogP contribution in [-0.4, -0.2) is 93.0 Å². The second-order valence-corrected chi connectivity index (χ2v) is 12.4. The van der Waals surface area contributed by atoms with Gasteiger partial charge >= 0.3 is 29.8 Å². The molecule has 3 rings (SSSR count). The molecular formula is C30H44O13. The summed E-state index contributed by atoms with van der Waals surface area (Å²) in [5.41, 5.74) is -6.61. The lowest BCUT2D eigenvalue weighted by molar-refractivity contribution is -0.265. The molecule has 0 aromatic heterocycles. The SMILES string of the molecule is CCCC(=O)O[C@@H]1C[C@H](OC(C)=O)[C@]2(C)[C@H]([C@@H](C)[C@@H](O)C[C@@H]2OC(C)=O)[C@H](OC(C)=O)[C@]2(O)[C@H](/C=C\1C)OC(=O)[C@]2(C)O. The zero-order valence-electron chi connectivity index (χ0n) is 25.9. The number of esters is 5. The molecule has 0 bridgehead atoms. The number of carbonyl (C=O) groups excluding carboxylic acids is 5. The van der Waals surface area contributed by atoms with Crippen LogP contribution in [0.2, 0.25) is 0 Å². The first kappa shape index (κ1) is 34.5. The van der Waals surface area contributed by atoms with E-state index in [0.717, 1.165) is 20.8 Å². The van der Waals surface area contributed by atoms with Crippen LogP contribution in [-0.2, 0) is 47.7 Å². The van der Waals surface area contributed by atoms with E-state index in [1.165, 1.54) is 13.0 Å². The van der Waals surface area contributed by atoms with Crippen LogP contribution >= 0.6 is 0 Å². The Kier molecular flexibility index (Phi) is 10.0. The van der Waals surface area contributed by atoms with Crippen molar-refractivity contribution in [3.63, 3.8) is 0 Å². The molecule has 1 heterocycles. The van der Waals surface area contributed by atoms with Crippen LogP contribution in [0.4, 0.5) is 0 Å². The van der Waals surface area contributed by atoms with E-state index in [1.54, 1.807) is 27.7 Å². The lowest BCUT2D eigenvalue weighted by Gasteiger charge is -2.58. The number of carbonyl (C=O) groups is 5. The number of fused-ring (bicyclic) bond motifs is 2. The fourth-order valence-electron chi connectivity index (χ4n) is 7.00. The van der Waals surface area contributed by atoms with Gasteiger partial charge in [-0.25, -0.2) is 4.79 Å². The second kappa shape index (κ2) is 12.5. The highest BCUT2D eigenvalue weighted by Crippen LogP contribution is 2.57. The van der Waals surface area contributed by atoms with Gasteiger partial charge in [0.05, 0.1) is 6.10 Å². The predicted octanol–water partition coefficient (Wildman–Crippen LogP) is 1.27. The third-order valence-corrected chi connectivity index (χ3v) is 9.33. The van der Waals surface area contributed by atoms with E-state index < -0.39 is 94.9 Å². The lowest BCUT2D eigenvalue weighted by atomic mass is 9.52. The standard InChI is InChI=1S/C30H44O13/c1-9-10-24(35)42-20-13-22(40-17(5)32)28(7)21(39-16(4)31)12-19(34)15(3)25(28)26(41-18(6)33)30(38)23(11-14(20)2)43-27(36)29(30,8)37/h11,15,19-23,25-26,34,37-38H,9-10,12-13H2,1-8H3/b14-11-/t15-,19-,20+,21-,22-,23-,25+,26-,28+,29-,30+/m0/s1. The molecule has 3 aliphatic rings. The number of aliphatic hydroxyl groups excluding tert-OH is 1. The number of hydrogen-bond acceptors (Lipinski definition) is 13. The van der Waals surface area contributed by atoms with Crippen LogP contribution in [0.3, 0.4) is 0 Å². The molecule has 3 N–H and O–H groups in total. The Balaban J connectivity index is 2.46. The summed E-state index contributed by atoms with van der Waals surface area (Å²) >= 11 is 0. The first-order chi connectivity index (χ1) is 19.8. The van der Waals surface area contributed by atoms with Crippen LogP contribution in [0.5, 0.6) is 0 Å². The van der Waals surface area contributed by atoms with Crippen LogP contribution in [0.15, 0.2) is 11.6 Å². The summed E-state index contributed by atoms with van der Waals surface area (Å²) in [5.74, 6) is -6.21. The molecular weight excluding hydrogens is 568 g/mol. The van der Waals surface area contributed by atoms with E-state index in [0.29, 0.717) is 6.42 Å². The fourth-order valence-corrected chi connectivity index (χ4v) is 7.00. The van der Waals surface area contributed by atoms with Gasteiger partial charge in [-0.05, 0) is 37.8 Å². The Hall–Kier alpha value is -3.03. The van der Waals surface area contributed by atoms with Gasteiger partial charge in [0.1, 0.15) is 24.4 Å². The number of hydrogen-bond donors (Lipinski definition) is 3. The third-order valence-electron chi connectivity index (χ3n) is 9.33. The topological polar surface area (TPSA) is 192 Å². The molecule has 1 saturated heterocycles. The Bertz CT molecular complexity index is 1160. The maximum atomic E-state index is 13.1. The normalized spacial score (nSPS) is 42.2. The van der Waals surface area contributed by atoms with Crippen LogP contribution in [0.1, 0.15) is 81.1 Å². The molecule has 0 aromatic rings. The maximum absolute atomic E-state index is 13.1. The second-order valence-electron chi connectivity index (χ2n) is 12.4. The summed E-state index contributed by atoms with van der Waals surface area (Å²) in [6.07, 6.45) is -6.49. The molecule has 0 amide bonds. The summed E-state index contributed by atoms with van der Waals surface area (Å²) in [5, 5.41) is 35.3. The Morgan fingerprint density at radius 2 is 1.49 bits per heavy atom. The van der Waals surface area contributed by atoms with E-state index in [9.17, 15) is 39.3 Å². The minimum absolute atomic E-state index is 0.0762. The molecule has 0 unspecified atom stereocenters. The van der Waals surface area contributed by atoms with Crippen molar-refractivity contribution in [2.24, 2.45) is 17.3 Å². The molecule has 13 heteroatoms.